The number of carbonyl (C=O) groups excluding carboxylic acids is 1. The zero-order valence-electron chi connectivity index (χ0n) is 14.9. The number of benzene rings is 2. The molecule has 1 aromatic heterocycles. The van der Waals surface area contributed by atoms with E-state index < -0.39 is 0 Å². The molecule has 4 rings (SSSR count). The number of aromatic nitrogens is 1. The highest BCUT2D eigenvalue weighted by atomic mass is 16.2. The van der Waals surface area contributed by atoms with Gasteiger partial charge in [-0.05, 0) is 50.1 Å². The van der Waals surface area contributed by atoms with Gasteiger partial charge in [-0.1, -0.05) is 35.9 Å². The fraction of sp³-hybridized carbons (Fsp3) is 0.182. The van der Waals surface area contributed by atoms with Crippen LogP contribution in [-0.2, 0) is 6.42 Å². The molecule has 0 aliphatic carbocycles. The van der Waals surface area contributed by atoms with Gasteiger partial charge in [-0.3, -0.25) is 9.78 Å². The van der Waals surface area contributed by atoms with Crippen LogP contribution in [0, 0.1) is 6.92 Å². The first kappa shape index (κ1) is 16.3. The van der Waals surface area contributed by atoms with Crippen LogP contribution >= 0.6 is 0 Å². The second-order valence-electron chi connectivity index (χ2n) is 6.81. The summed E-state index contributed by atoms with van der Waals surface area (Å²) in [7, 11) is 0. The van der Waals surface area contributed by atoms with Gasteiger partial charge in [0.1, 0.15) is 0 Å². The van der Waals surface area contributed by atoms with Crippen molar-refractivity contribution in [1.29, 1.82) is 0 Å². The number of amides is 1. The lowest BCUT2D eigenvalue weighted by Crippen LogP contribution is -2.35. The quantitative estimate of drug-likeness (QED) is 0.748. The van der Waals surface area contributed by atoms with Gasteiger partial charge < -0.3 is 10.2 Å². The molecule has 4 nitrogen and oxygen atoms in total. The van der Waals surface area contributed by atoms with E-state index in [1.807, 2.05) is 53.4 Å². The molecule has 2 aromatic carbocycles. The molecule has 1 N–H and O–H groups in total. The van der Waals surface area contributed by atoms with E-state index in [9.17, 15) is 4.79 Å². The number of aryl methyl sites for hydroxylation is 1. The van der Waals surface area contributed by atoms with Crippen molar-refractivity contribution >= 4 is 23.0 Å². The Morgan fingerprint density at radius 2 is 1.85 bits per heavy atom. The fourth-order valence-corrected chi connectivity index (χ4v) is 3.44. The molecule has 1 amide bonds. The minimum atomic E-state index is -0.0116. The third-order valence-electron chi connectivity index (χ3n) is 4.75. The number of hydrogen-bond donors (Lipinski definition) is 1. The van der Waals surface area contributed by atoms with Crippen LogP contribution < -0.4 is 10.2 Å². The van der Waals surface area contributed by atoms with Crippen molar-refractivity contribution in [3.8, 4) is 0 Å². The molecule has 0 spiro atoms. The minimum absolute atomic E-state index is 0.0116. The predicted octanol–water partition coefficient (Wildman–Crippen LogP) is 4.73. The van der Waals surface area contributed by atoms with Crippen molar-refractivity contribution in [2.45, 2.75) is 26.3 Å². The monoisotopic (exact) mass is 343 g/mol. The number of hydrogen-bond acceptors (Lipinski definition) is 3. The molecule has 2 heterocycles. The Kier molecular flexibility index (Phi) is 4.17. The Balaban J connectivity index is 1.60. The number of para-hydroxylation sites is 1. The average molecular weight is 343 g/mol. The topological polar surface area (TPSA) is 45.2 Å². The van der Waals surface area contributed by atoms with Crippen molar-refractivity contribution < 1.29 is 4.79 Å². The van der Waals surface area contributed by atoms with E-state index in [0.29, 0.717) is 5.56 Å². The number of pyridine rings is 1. The van der Waals surface area contributed by atoms with Crippen LogP contribution in [0.5, 0.6) is 0 Å². The van der Waals surface area contributed by atoms with E-state index in [1.54, 1.807) is 12.4 Å². The summed E-state index contributed by atoms with van der Waals surface area (Å²) >= 11 is 0. The molecule has 1 aliphatic heterocycles. The molecule has 3 aromatic rings. The molecule has 0 radical (unpaired) electrons. The van der Waals surface area contributed by atoms with Gasteiger partial charge in [-0.15, -0.1) is 0 Å². The van der Waals surface area contributed by atoms with E-state index in [2.05, 4.69) is 30.2 Å². The maximum absolute atomic E-state index is 13.1. The summed E-state index contributed by atoms with van der Waals surface area (Å²) in [6.07, 6.45) is 4.25. The van der Waals surface area contributed by atoms with Gasteiger partial charge in [0.25, 0.3) is 5.91 Å². The van der Waals surface area contributed by atoms with E-state index in [4.69, 9.17) is 0 Å². The van der Waals surface area contributed by atoms with E-state index in [1.165, 1.54) is 11.1 Å². The Morgan fingerprint density at radius 1 is 1.08 bits per heavy atom. The Bertz CT molecular complexity index is 950. The summed E-state index contributed by atoms with van der Waals surface area (Å²) in [5.74, 6) is -0.0116. The lowest BCUT2D eigenvalue weighted by molar-refractivity contribution is 0.0981. The van der Waals surface area contributed by atoms with Crippen LogP contribution in [0.15, 0.2) is 67.0 Å². The molecule has 0 saturated heterocycles. The standard InChI is InChI=1S/C22H21N3O/c1-15-7-9-19(10-8-15)24-20-12-18(13-23-14-20)22(26)25-16(2)11-17-5-3-4-6-21(17)25/h3-10,12-14,16,24H,11H2,1-2H3. The van der Waals surface area contributed by atoms with E-state index >= 15 is 0 Å². The summed E-state index contributed by atoms with van der Waals surface area (Å²) in [5.41, 5.74) is 5.80. The molecule has 130 valence electrons. The normalized spacial score (nSPS) is 15.6. The van der Waals surface area contributed by atoms with Crippen molar-refractivity contribution in [3.63, 3.8) is 0 Å². The average Bonchev–Trinajstić information content (AvgIpc) is 2.99. The van der Waals surface area contributed by atoms with Crippen molar-refractivity contribution in [3.05, 3.63) is 83.7 Å². The second-order valence-corrected chi connectivity index (χ2v) is 6.81. The number of carbonyl (C=O) groups is 1. The first-order valence-electron chi connectivity index (χ1n) is 8.82. The van der Waals surface area contributed by atoms with E-state index in [-0.39, 0.29) is 11.9 Å². The molecule has 0 bridgehead atoms. The SMILES string of the molecule is Cc1ccc(Nc2cncc(C(=O)N3c4ccccc4CC3C)c2)cc1. The molecule has 0 saturated carbocycles. The summed E-state index contributed by atoms with van der Waals surface area (Å²) in [6.45, 7) is 4.14. The van der Waals surface area contributed by atoms with Crippen LogP contribution in [0.3, 0.4) is 0 Å². The van der Waals surface area contributed by atoms with Gasteiger partial charge in [-0.2, -0.15) is 0 Å². The number of nitrogens with one attached hydrogen (secondary N) is 1. The summed E-state index contributed by atoms with van der Waals surface area (Å²) in [6, 6.07) is 18.2. The maximum Gasteiger partial charge on any atom is 0.260 e. The summed E-state index contributed by atoms with van der Waals surface area (Å²) in [4.78, 5) is 19.3. The smallest absolute Gasteiger partial charge is 0.260 e. The minimum Gasteiger partial charge on any atom is -0.354 e. The van der Waals surface area contributed by atoms with E-state index in [0.717, 1.165) is 23.5 Å². The summed E-state index contributed by atoms with van der Waals surface area (Å²) in [5, 5.41) is 3.31. The van der Waals surface area contributed by atoms with Gasteiger partial charge in [0.15, 0.2) is 0 Å². The fourth-order valence-electron chi connectivity index (χ4n) is 3.44. The third kappa shape index (κ3) is 3.06. The lowest BCUT2D eigenvalue weighted by Gasteiger charge is -2.23. The highest BCUT2D eigenvalue weighted by Crippen LogP contribution is 2.33. The molecular formula is C22H21N3O. The van der Waals surface area contributed by atoms with Crippen molar-refractivity contribution in [2.75, 3.05) is 10.2 Å². The number of rotatable bonds is 3. The Labute approximate surface area is 153 Å². The molecule has 0 fully saturated rings. The first-order valence-corrected chi connectivity index (χ1v) is 8.82. The maximum atomic E-state index is 13.1. The van der Waals surface area contributed by atoms with Crippen LogP contribution in [0.2, 0.25) is 0 Å². The molecule has 1 unspecified atom stereocenters. The van der Waals surface area contributed by atoms with Crippen LogP contribution in [0.25, 0.3) is 0 Å². The van der Waals surface area contributed by atoms with Crippen molar-refractivity contribution in [1.82, 2.24) is 4.98 Å². The number of anilines is 3. The zero-order chi connectivity index (χ0) is 18.1. The third-order valence-corrected chi connectivity index (χ3v) is 4.75. The lowest BCUT2D eigenvalue weighted by atomic mass is 10.1. The molecule has 1 aliphatic rings. The number of nitrogens with zero attached hydrogens (tertiary/aromatic N) is 2. The first-order chi connectivity index (χ1) is 12.6. The van der Waals surface area contributed by atoms with Crippen LogP contribution in [-0.4, -0.2) is 16.9 Å². The van der Waals surface area contributed by atoms with Gasteiger partial charge in [0.05, 0.1) is 17.4 Å². The van der Waals surface area contributed by atoms with Crippen molar-refractivity contribution in [2.24, 2.45) is 0 Å². The van der Waals surface area contributed by atoms with Gasteiger partial charge in [-0.25, -0.2) is 0 Å². The predicted molar refractivity (Wildman–Crippen MR) is 105 cm³/mol. The van der Waals surface area contributed by atoms with Gasteiger partial charge >= 0.3 is 0 Å². The van der Waals surface area contributed by atoms with Gasteiger partial charge in [0.2, 0.25) is 0 Å². The Morgan fingerprint density at radius 3 is 2.65 bits per heavy atom. The van der Waals surface area contributed by atoms with Crippen LogP contribution in [0.4, 0.5) is 17.1 Å². The largest absolute Gasteiger partial charge is 0.354 e. The molecular weight excluding hydrogens is 322 g/mol. The van der Waals surface area contributed by atoms with Gasteiger partial charge in [0, 0.05) is 23.6 Å². The number of fused-ring (bicyclic) bond motifs is 1. The molecule has 26 heavy (non-hydrogen) atoms. The van der Waals surface area contributed by atoms with Crippen LogP contribution in [0.1, 0.15) is 28.4 Å². The highest BCUT2D eigenvalue weighted by Gasteiger charge is 2.31. The second kappa shape index (κ2) is 6.64. The Hall–Kier alpha value is -3.14. The highest BCUT2D eigenvalue weighted by molar-refractivity contribution is 6.08. The summed E-state index contributed by atoms with van der Waals surface area (Å²) < 4.78 is 0. The zero-order valence-corrected chi connectivity index (χ0v) is 14.9. The molecule has 4 heteroatoms. The molecule has 1 atom stereocenters.